The van der Waals surface area contributed by atoms with Gasteiger partial charge in [0.25, 0.3) is 0 Å². The Morgan fingerprint density at radius 3 is 2.91 bits per heavy atom. The van der Waals surface area contributed by atoms with Gasteiger partial charge in [0.2, 0.25) is 0 Å². The van der Waals surface area contributed by atoms with E-state index in [-0.39, 0.29) is 0 Å². The molecule has 0 aromatic carbocycles. The molecular weight excluding hydrogens is 160 g/mol. The van der Waals surface area contributed by atoms with Crippen LogP contribution in [0.5, 0.6) is 0 Å². The molecule has 58 valence electrons. The fraction of sp³-hybridized carbons (Fsp3) is 0.125. The van der Waals surface area contributed by atoms with Crippen molar-refractivity contribution >= 4 is 17.7 Å². The third kappa shape index (κ3) is 2.70. The van der Waals surface area contributed by atoms with E-state index < -0.39 is 0 Å². The van der Waals surface area contributed by atoms with Crippen molar-refractivity contribution in [2.24, 2.45) is 5.73 Å². The fourth-order valence-electron chi connectivity index (χ4n) is 0.690. The number of nitrogens with zero attached hydrogens (tertiary/aromatic N) is 1. The quantitative estimate of drug-likeness (QED) is 0.683. The maximum Gasteiger partial charge on any atom is 0.129 e. The van der Waals surface area contributed by atoms with Gasteiger partial charge < -0.3 is 5.73 Å². The third-order valence-corrected chi connectivity index (χ3v) is 1.42. The summed E-state index contributed by atoms with van der Waals surface area (Å²) < 4.78 is 0. The van der Waals surface area contributed by atoms with Crippen LogP contribution in [0.2, 0.25) is 5.15 Å². The second kappa shape index (κ2) is 4.11. The van der Waals surface area contributed by atoms with E-state index in [1.54, 1.807) is 12.3 Å². The van der Waals surface area contributed by atoms with Crippen molar-refractivity contribution in [3.05, 3.63) is 35.1 Å². The zero-order chi connectivity index (χ0) is 8.10. The van der Waals surface area contributed by atoms with Crippen molar-refractivity contribution in [2.75, 3.05) is 6.54 Å². The van der Waals surface area contributed by atoms with Crippen LogP contribution in [0, 0.1) is 0 Å². The van der Waals surface area contributed by atoms with Gasteiger partial charge in [0.1, 0.15) is 5.15 Å². The first-order valence-electron chi connectivity index (χ1n) is 3.31. The standard InChI is InChI=1S/C8H9ClN2/c9-8-4-3-7(6-11-8)2-1-5-10/h1-4,6H,5,10H2. The molecule has 0 atom stereocenters. The van der Waals surface area contributed by atoms with Crippen molar-refractivity contribution in [1.29, 1.82) is 0 Å². The minimum absolute atomic E-state index is 0.509. The van der Waals surface area contributed by atoms with E-state index in [1.807, 2.05) is 18.2 Å². The fourth-order valence-corrected chi connectivity index (χ4v) is 0.802. The zero-order valence-corrected chi connectivity index (χ0v) is 6.75. The minimum Gasteiger partial charge on any atom is -0.327 e. The number of halogens is 1. The first kappa shape index (κ1) is 8.24. The van der Waals surface area contributed by atoms with Crippen LogP contribution >= 0.6 is 11.6 Å². The van der Waals surface area contributed by atoms with Crippen LogP contribution in [-0.4, -0.2) is 11.5 Å². The summed E-state index contributed by atoms with van der Waals surface area (Å²) in [6.07, 6.45) is 5.47. The zero-order valence-electron chi connectivity index (χ0n) is 6.00. The summed E-state index contributed by atoms with van der Waals surface area (Å²) in [5.74, 6) is 0. The molecular formula is C8H9ClN2. The molecule has 0 aliphatic heterocycles. The van der Waals surface area contributed by atoms with Crippen LogP contribution < -0.4 is 5.73 Å². The first-order chi connectivity index (χ1) is 5.33. The van der Waals surface area contributed by atoms with E-state index in [9.17, 15) is 0 Å². The summed E-state index contributed by atoms with van der Waals surface area (Å²) in [7, 11) is 0. The molecule has 0 saturated heterocycles. The largest absolute Gasteiger partial charge is 0.327 e. The molecule has 11 heavy (non-hydrogen) atoms. The Kier molecular flexibility index (Phi) is 3.08. The lowest BCUT2D eigenvalue weighted by molar-refractivity contribution is 1.26. The smallest absolute Gasteiger partial charge is 0.129 e. The van der Waals surface area contributed by atoms with Gasteiger partial charge in [-0.15, -0.1) is 0 Å². The molecule has 1 heterocycles. The molecule has 3 heteroatoms. The molecule has 1 aromatic heterocycles. The van der Waals surface area contributed by atoms with Crippen molar-refractivity contribution in [2.45, 2.75) is 0 Å². The maximum absolute atomic E-state index is 5.59. The molecule has 0 unspecified atom stereocenters. The number of hydrogen-bond donors (Lipinski definition) is 1. The van der Waals surface area contributed by atoms with Crippen LogP contribution in [0.1, 0.15) is 5.56 Å². The Morgan fingerprint density at radius 2 is 2.36 bits per heavy atom. The molecule has 0 saturated carbocycles. The summed E-state index contributed by atoms with van der Waals surface area (Å²) in [5, 5.41) is 0.509. The highest BCUT2D eigenvalue weighted by atomic mass is 35.5. The summed E-state index contributed by atoms with van der Waals surface area (Å²) in [6, 6.07) is 3.64. The molecule has 0 spiro atoms. The Balaban J connectivity index is 2.73. The molecule has 1 aromatic rings. The van der Waals surface area contributed by atoms with Crippen molar-refractivity contribution in [1.82, 2.24) is 4.98 Å². The maximum atomic E-state index is 5.59. The minimum atomic E-state index is 0.509. The monoisotopic (exact) mass is 168 g/mol. The van der Waals surface area contributed by atoms with E-state index in [0.29, 0.717) is 11.7 Å². The summed E-state index contributed by atoms with van der Waals surface area (Å²) >= 11 is 5.59. The first-order valence-corrected chi connectivity index (χ1v) is 3.69. The summed E-state index contributed by atoms with van der Waals surface area (Å²) in [5.41, 5.74) is 6.29. The lowest BCUT2D eigenvalue weighted by Crippen LogP contribution is -1.91. The van der Waals surface area contributed by atoms with E-state index in [4.69, 9.17) is 17.3 Å². The second-order valence-corrected chi connectivity index (χ2v) is 2.44. The number of nitrogens with two attached hydrogens (primary N) is 1. The van der Waals surface area contributed by atoms with Gasteiger partial charge in [-0.2, -0.15) is 0 Å². The molecule has 1 rings (SSSR count). The van der Waals surface area contributed by atoms with Crippen LogP contribution in [-0.2, 0) is 0 Å². The van der Waals surface area contributed by atoms with Crippen LogP contribution in [0.4, 0.5) is 0 Å². The molecule has 0 fully saturated rings. The predicted molar refractivity (Wildman–Crippen MR) is 47.3 cm³/mol. The SMILES string of the molecule is NCC=Cc1ccc(Cl)nc1. The highest BCUT2D eigenvalue weighted by molar-refractivity contribution is 6.29. The molecule has 2 nitrogen and oxygen atoms in total. The third-order valence-electron chi connectivity index (χ3n) is 1.20. The number of rotatable bonds is 2. The lowest BCUT2D eigenvalue weighted by Gasteiger charge is -1.91. The molecule has 2 N–H and O–H groups in total. The van der Waals surface area contributed by atoms with E-state index in [2.05, 4.69) is 4.98 Å². The van der Waals surface area contributed by atoms with Crippen LogP contribution in [0.25, 0.3) is 6.08 Å². The lowest BCUT2D eigenvalue weighted by atomic mass is 10.2. The van der Waals surface area contributed by atoms with Crippen LogP contribution in [0.3, 0.4) is 0 Å². The van der Waals surface area contributed by atoms with Gasteiger partial charge in [-0.1, -0.05) is 29.8 Å². The van der Waals surface area contributed by atoms with Gasteiger partial charge >= 0.3 is 0 Å². The van der Waals surface area contributed by atoms with Gasteiger partial charge in [0.15, 0.2) is 0 Å². The normalized spacial score (nSPS) is 10.7. The van der Waals surface area contributed by atoms with Crippen molar-refractivity contribution in [3.63, 3.8) is 0 Å². The van der Waals surface area contributed by atoms with Crippen molar-refractivity contribution < 1.29 is 0 Å². The topological polar surface area (TPSA) is 38.9 Å². The highest BCUT2D eigenvalue weighted by Crippen LogP contribution is 2.05. The van der Waals surface area contributed by atoms with E-state index in [1.165, 1.54) is 0 Å². The predicted octanol–water partition coefficient (Wildman–Crippen LogP) is 1.71. The van der Waals surface area contributed by atoms with E-state index in [0.717, 1.165) is 5.56 Å². The molecule has 0 radical (unpaired) electrons. The van der Waals surface area contributed by atoms with Gasteiger partial charge in [0, 0.05) is 12.7 Å². The van der Waals surface area contributed by atoms with Gasteiger partial charge in [0.05, 0.1) is 0 Å². The Hall–Kier alpha value is -0.860. The Morgan fingerprint density at radius 1 is 1.55 bits per heavy atom. The van der Waals surface area contributed by atoms with Gasteiger partial charge in [-0.3, -0.25) is 0 Å². The van der Waals surface area contributed by atoms with Gasteiger partial charge in [-0.05, 0) is 11.6 Å². The van der Waals surface area contributed by atoms with Gasteiger partial charge in [-0.25, -0.2) is 4.98 Å². The number of aromatic nitrogens is 1. The summed E-state index contributed by atoms with van der Waals surface area (Å²) in [6.45, 7) is 0.544. The Bertz CT molecular complexity index is 241. The second-order valence-electron chi connectivity index (χ2n) is 2.05. The Labute approximate surface area is 70.7 Å². The molecule has 0 bridgehead atoms. The average Bonchev–Trinajstić information content (AvgIpc) is 2.04. The average molecular weight is 169 g/mol. The highest BCUT2D eigenvalue weighted by Gasteiger charge is 1.86. The number of hydrogen-bond acceptors (Lipinski definition) is 2. The molecule has 0 amide bonds. The summed E-state index contributed by atoms with van der Waals surface area (Å²) in [4.78, 5) is 3.91. The van der Waals surface area contributed by atoms with Crippen molar-refractivity contribution in [3.8, 4) is 0 Å². The molecule has 0 aliphatic carbocycles. The molecule has 0 aliphatic rings. The van der Waals surface area contributed by atoms with E-state index >= 15 is 0 Å². The number of pyridine rings is 1. The van der Waals surface area contributed by atoms with Crippen LogP contribution in [0.15, 0.2) is 24.4 Å².